The minimum atomic E-state index is 0.0627. The van der Waals surface area contributed by atoms with Crippen molar-refractivity contribution in [2.24, 2.45) is 5.92 Å². The van der Waals surface area contributed by atoms with Gasteiger partial charge in [0.25, 0.3) is 5.91 Å². The minimum Gasteiger partial charge on any atom is -0.497 e. The number of hydrogen-bond acceptors (Lipinski definition) is 3. The van der Waals surface area contributed by atoms with E-state index in [1.165, 1.54) is 12.8 Å². The molecule has 1 aliphatic carbocycles. The van der Waals surface area contributed by atoms with Gasteiger partial charge in [-0.25, -0.2) is 0 Å². The van der Waals surface area contributed by atoms with Crippen molar-refractivity contribution >= 4 is 11.8 Å². The smallest absolute Gasteiger partial charge is 0.253 e. The van der Waals surface area contributed by atoms with E-state index in [0.29, 0.717) is 18.7 Å². The molecule has 0 spiro atoms. The SMILES string of the molecule is COc1cccc(-c2ccc(C(=O)N3CCC(NC(=O)C4CCCC4)CC3)cc2)c1. The van der Waals surface area contributed by atoms with E-state index in [1.807, 2.05) is 53.4 Å². The number of carbonyl (C=O) groups excluding carboxylic acids is 2. The van der Waals surface area contributed by atoms with Crippen LogP contribution >= 0.6 is 0 Å². The van der Waals surface area contributed by atoms with Crippen LogP contribution in [0, 0.1) is 5.92 Å². The van der Waals surface area contributed by atoms with E-state index in [2.05, 4.69) is 5.32 Å². The Morgan fingerprint density at radius 3 is 2.30 bits per heavy atom. The van der Waals surface area contributed by atoms with Crippen LogP contribution in [0.25, 0.3) is 11.1 Å². The number of benzene rings is 2. The summed E-state index contributed by atoms with van der Waals surface area (Å²) in [4.78, 5) is 27.1. The summed E-state index contributed by atoms with van der Waals surface area (Å²) < 4.78 is 5.29. The number of nitrogens with zero attached hydrogens (tertiary/aromatic N) is 1. The molecule has 1 heterocycles. The van der Waals surface area contributed by atoms with Gasteiger partial charge >= 0.3 is 0 Å². The van der Waals surface area contributed by atoms with Crippen LogP contribution < -0.4 is 10.1 Å². The van der Waals surface area contributed by atoms with Gasteiger partial charge in [0.05, 0.1) is 7.11 Å². The molecule has 1 aliphatic heterocycles. The molecule has 2 aromatic carbocycles. The first-order valence-electron chi connectivity index (χ1n) is 11.0. The molecule has 2 aliphatic rings. The highest BCUT2D eigenvalue weighted by Crippen LogP contribution is 2.26. The molecule has 5 nitrogen and oxygen atoms in total. The van der Waals surface area contributed by atoms with Gasteiger partial charge < -0.3 is 15.0 Å². The predicted octanol–water partition coefficient (Wildman–Crippen LogP) is 4.27. The lowest BCUT2D eigenvalue weighted by Crippen LogP contribution is -2.47. The van der Waals surface area contributed by atoms with Gasteiger partial charge in [-0.1, -0.05) is 37.1 Å². The Hall–Kier alpha value is -2.82. The second kappa shape index (κ2) is 9.33. The quantitative estimate of drug-likeness (QED) is 0.807. The van der Waals surface area contributed by atoms with Crippen LogP contribution in [0.3, 0.4) is 0 Å². The first-order valence-corrected chi connectivity index (χ1v) is 11.0. The zero-order valence-electron chi connectivity index (χ0n) is 17.6. The number of carbonyl (C=O) groups is 2. The molecule has 1 N–H and O–H groups in total. The number of likely N-dealkylation sites (tertiary alicyclic amines) is 1. The molecule has 158 valence electrons. The molecule has 2 fully saturated rings. The summed E-state index contributed by atoms with van der Waals surface area (Å²) >= 11 is 0. The Bertz CT molecular complexity index is 880. The maximum atomic E-state index is 12.9. The minimum absolute atomic E-state index is 0.0627. The van der Waals surface area contributed by atoms with Crippen molar-refractivity contribution in [3.05, 3.63) is 54.1 Å². The van der Waals surface area contributed by atoms with E-state index in [0.717, 1.165) is 42.6 Å². The monoisotopic (exact) mass is 406 g/mol. The lowest BCUT2D eigenvalue weighted by Gasteiger charge is -2.33. The van der Waals surface area contributed by atoms with Crippen LogP contribution in [0.4, 0.5) is 0 Å². The number of nitrogens with one attached hydrogen (secondary N) is 1. The summed E-state index contributed by atoms with van der Waals surface area (Å²) in [6, 6.07) is 15.8. The van der Waals surface area contributed by atoms with Gasteiger partial charge in [-0.05, 0) is 61.1 Å². The van der Waals surface area contributed by atoms with Crippen LogP contribution in [0.1, 0.15) is 48.9 Å². The molecule has 2 aromatic rings. The van der Waals surface area contributed by atoms with Gasteiger partial charge in [0.1, 0.15) is 5.75 Å². The molecular formula is C25H30N2O3. The maximum absolute atomic E-state index is 12.9. The number of amides is 2. The van der Waals surface area contributed by atoms with Crippen molar-refractivity contribution in [1.29, 1.82) is 0 Å². The molecule has 1 saturated heterocycles. The van der Waals surface area contributed by atoms with E-state index in [1.54, 1.807) is 7.11 Å². The summed E-state index contributed by atoms with van der Waals surface area (Å²) in [5, 5.41) is 3.21. The third kappa shape index (κ3) is 4.66. The lowest BCUT2D eigenvalue weighted by molar-refractivity contribution is -0.125. The predicted molar refractivity (Wildman–Crippen MR) is 117 cm³/mol. The van der Waals surface area contributed by atoms with Crippen molar-refractivity contribution in [3.8, 4) is 16.9 Å². The van der Waals surface area contributed by atoms with Crippen LogP contribution in [0.2, 0.25) is 0 Å². The van der Waals surface area contributed by atoms with Crippen molar-refractivity contribution in [1.82, 2.24) is 10.2 Å². The third-order valence-corrected chi connectivity index (χ3v) is 6.39. The summed E-state index contributed by atoms with van der Waals surface area (Å²) in [6.45, 7) is 1.37. The Labute approximate surface area is 178 Å². The average Bonchev–Trinajstić information content (AvgIpc) is 3.34. The zero-order chi connectivity index (χ0) is 20.9. The van der Waals surface area contributed by atoms with E-state index in [-0.39, 0.29) is 23.8 Å². The van der Waals surface area contributed by atoms with Crippen LogP contribution in [-0.2, 0) is 4.79 Å². The molecule has 0 unspecified atom stereocenters. The summed E-state index contributed by atoms with van der Waals surface area (Å²) in [5.41, 5.74) is 2.82. The van der Waals surface area contributed by atoms with Crippen LogP contribution in [0.5, 0.6) is 5.75 Å². The Morgan fingerprint density at radius 1 is 0.933 bits per heavy atom. The topological polar surface area (TPSA) is 58.6 Å². The highest BCUT2D eigenvalue weighted by atomic mass is 16.5. The Kier molecular flexibility index (Phi) is 6.36. The Morgan fingerprint density at radius 2 is 1.63 bits per heavy atom. The fourth-order valence-corrected chi connectivity index (χ4v) is 4.52. The van der Waals surface area contributed by atoms with Crippen molar-refractivity contribution in [2.45, 2.75) is 44.6 Å². The standard InChI is InChI=1S/C25H30N2O3/c1-30-23-8-4-7-21(17-23)18-9-11-20(12-10-18)25(29)27-15-13-22(14-16-27)26-24(28)19-5-2-3-6-19/h4,7-12,17,19,22H,2-3,5-6,13-16H2,1H3,(H,26,28). The molecule has 1 saturated carbocycles. The second-order valence-electron chi connectivity index (χ2n) is 8.37. The Balaban J connectivity index is 1.32. The number of rotatable bonds is 5. The molecule has 4 rings (SSSR count). The average molecular weight is 407 g/mol. The zero-order valence-corrected chi connectivity index (χ0v) is 17.6. The number of piperidine rings is 1. The number of methoxy groups -OCH3 is 1. The van der Waals surface area contributed by atoms with Crippen molar-refractivity contribution in [3.63, 3.8) is 0 Å². The number of ether oxygens (including phenoxy) is 1. The summed E-state index contributed by atoms with van der Waals surface area (Å²) in [6.07, 6.45) is 6.03. The first-order chi connectivity index (χ1) is 14.6. The summed E-state index contributed by atoms with van der Waals surface area (Å²) in [5.74, 6) is 1.29. The number of hydrogen-bond donors (Lipinski definition) is 1. The highest BCUT2D eigenvalue weighted by Gasteiger charge is 2.28. The fourth-order valence-electron chi connectivity index (χ4n) is 4.52. The van der Waals surface area contributed by atoms with Crippen molar-refractivity contribution < 1.29 is 14.3 Å². The van der Waals surface area contributed by atoms with Gasteiger partial charge in [0.2, 0.25) is 5.91 Å². The van der Waals surface area contributed by atoms with E-state index < -0.39 is 0 Å². The summed E-state index contributed by atoms with van der Waals surface area (Å²) in [7, 11) is 1.66. The fraction of sp³-hybridized carbons (Fsp3) is 0.440. The normalized spacial score (nSPS) is 17.7. The third-order valence-electron chi connectivity index (χ3n) is 6.39. The molecule has 5 heteroatoms. The molecule has 0 radical (unpaired) electrons. The van der Waals surface area contributed by atoms with E-state index >= 15 is 0 Å². The van der Waals surface area contributed by atoms with Gasteiger partial charge in [-0.15, -0.1) is 0 Å². The van der Waals surface area contributed by atoms with E-state index in [4.69, 9.17) is 4.74 Å². The highest BCUT2D eigenvalue weighted by molar-refractivity contribution is 5.94. The van der Waals surface area contributed by atoms with E-state index in [9.17, 15) is 9.59 Å². The lowest BCUT2D eigenvalue weighted by atomic mass is 10.0. The molecule has 2 amide bonds. The van der Waals surface area contributed by atoms with Crippen molar-refractivity contribution in [2.75, 3.05) is 20.2 Å². The van der Waals surface area contributed by atoms with Crippen LogP contribution in [-0.4, -0.2) is 43.0 Å². The largest absolute Gasteiger partial charge is 0.497 e. The van der Waals surface area contributed by atoms with Crippen LogP contribution in [0.15, 0.2) is 48.5 Å². The molecule has 30 heavy (non-hydrogen) atoms. The van der Waals surface area contributed by atoms with Gasteiger partial charge in [-0.2, -0.15) is 0 Å². The first kappa shape index (κ1) is 20.5. The molecule has 0 atom stereocenters. The molecule has 0 aromatic heterocycles. The molecular weight excluding hydrogens is 376 g/mol. The molecule has 0 bridgehead atoms. The second-order valence-corrected chi connectivity index (χ2v) is 8.37. The van der Waals surface area contributed by atoms with Gasteiger partial charge in [0.15, 0.2) is 0 Å². The van der Waals surface area contributed by atoms with Gasteiger partial charge in [0, 0.05) is 30.6 Å². The van der Waals surface area contributed by atoms with Gasteiger partial charge in [-0.3, -0.25) is 9.59 Å². The maximum Gasteiger partial charge on any atom is 0.253 e.